The lowest BCUT2D eigenvalue weighted by molar-refractivity contribution is -0.908. The molecule has 3 aromatic rings. The molecule has 4 rings (SSSR count). The lowest BCUT2D eigenvalue weighted by Gasteiger charge is -2.25. The molecule has 0 atom stereocenters. The van der Waals surface area contributed by atoms with Gasteiger partial charge in [-0.2, -0.15) is 0 Å². The maximum atomic E-state index is 13.7. The van der Waals surface area contributed by atoms with E-state index in [4.69, 9.17) is 9.72 Å². The number of halogens is 1. The summed E-state index contributed by atoms with van der Waals surface area (Å²) < 4.78 is 20.2. The molecular weight excluding hydrogens is 389 g/mol. The molecule has 1 N–H and O–H groups in total. The molecule has 152 valence electrons. The van der Waals surface area contributed by atoms with Crippen molar-refractivity contribution in [1.29, 1.82) is 0 Å². The Labute approximate surface area is 173 Å². The van der Waals surface area contributed by atoms with Crippen molar-refractivity contribution in [2.45, 2.75) is 13.3 Å². The Balaban J connectivity index is 1.58. The van der Waals surface area contributed by atoms with Crippen LogP contribution < -0.4 is 9.80 Å². The van der Waals surface area contributed by atoms with Gasteiger partial charge in [0.1, 0.15) is 18.9 Å². The molecule has 1 saturated heterocycles. The van der Waals surface area contributed by atoms with Gasteiger partial charge in [-0.25, -0.2) is 9.37 Å². The third-order valence-corrected chi connectivity index (χ3v) is 6.31. The van der Waals surface area contributed by atoms with Crippen molar-refractivity contribution < 1.29 is 18.8 Å². The average molecular weight is 415 g/mol. The minimum atomic E-state index is -0.409. The summed E-state index contributed by atoms with van der Waals surface area (Å²) in [5.74, 6) is -0.619. The van der Waals surface area contributed by atoms with Crippen molar-refractivity contribution in [3.63, 3.8) is 0 Å². The Morgan fingerprint density at radius 3 is 2.79 bits per heavy atom. The molecule has 2 aromatic carbocycles. The number of hydrogen-bond acceptors (Lipinski definition) is 4. The molecule has 1 aliphatic rings. The van der Waals surface area contributed by atoms with Crippen molar-refractivity contribution >= 4 is 32.6 Å². The van der Waals surface area contributed by atoms with Gasteiger partial charge in [-0.05, 0) is 36.8 Å². The van der Waals surface area contributed by atoms with E-state index in [1.54, 1.807) is 17.0 Å². The van der Waals surface area contributed by atoms with Gasteiger partial charge in [0.05, 0.1) is 30.0 Å². The van der Waals surface area contributed by atoms with Gasteiger partial charge in [0, 0.05) is 18.5 Å². The van der Waals surface area contributed by atoms with Crippen LogP contribution in [0.3, 0.4) is 0 Å². The Morgan fingerprint density at radius 2 is 2.03 bits per heavy atom. The topological polar surface area (TPSA) is 46.9 Å². The molecule has 1 aromatic heterocycles. The van der Waals surface area contributed by atoms with Crippen LogP contribution in [-0.2, 0) is 4.74 Å². The number of para-hydroxylation sites is 1. The van der Waals surface area contributed by atoms with Gasteiger partial charge < -0.3 is 9.64 Å². The maximum absolute atomic E-state index is 13.7. The molecule has 0 radical (unpaired) electrons. The second-order valence-electron chi connectivity index (χ2n) is 7.35. The Kier molecular flexibility index (Phi) is 6.18. The molecule has 0 aliphatic carbocycles. The van der Waals surface area contributed by atoms with Crippen molar-refractivity contribution in [2.24, 2.45) is 0 Å². The number of quaternary nitrogens is 1. The Hall–Kier alpha value is -2.35. The number of nitrogens with zero attached hydrogens (tertiary/aromatic N) is 2. The second-order valence-corrected chi connectivity index (χ2v) is 8.36. The smallest absolute Gasteiger partial charge is 0.260 e. The number of thiazole rings is 1. The number of amides is 1. The molecule has 1 fully saturated rings. The van der Waals surface area contributed by atoms with Gasteiger partial charge in [0.2, 0.25) is 0 Å². The highest BCUT2D eigenvalue weighted by Gasteiger charge is 2.23. The predicted molar refractivity (Wildman–Crippen MR) is 113 cm³/mol. The van der Waals surface area contributed by atoms with Gasteiger partial charge >= 0.3 is 0 Å². The van der Waals surface area contributed by atoms with Crippen molar-refractivity contribution in [3.05, 3.63) is 59.4 Å². The fourth-order valence-electron chi connectivity index (χ4n) is 3.65. The van der Waals surface area contributed by atoms with Crippen molar-refractivity contribution in [1.82, 2.24) is 4.98 Å². The summed E-state index contributed by atoms with van der Waals surface area (Å²) in [6, 6.07) is 11.9. The SMILES string of the molecule is Cc1cccc2sc(N(CCC[NH+]3CCOCC3)C(=O)c3cccc(F)c3)nc12. The Morgan fingerprint density at radius 1 is 1.24 bits per heavy atom. The van der Waals surface area contributed by atoms with Crippen LogP contribution in [0.15, 0.2) is 42.5 Å². The average Bonchev–Trinajstić information content (AvgIpc) is 3.17. The van der Waals surface area contributed by atoms with Gasteiger partial charge in [-0.3, -0.25) is 9.69 Å². The number of nitrogens with one attached hydrogen (secondary N) is 1. The molecule has 0 unspecified atom stereocenters. The van der Waals surface area contributed by atoms with Crippen LogP contribution in [0.1, 0.15) is 22.3 Å². The first-order chi connectivity index (χ1) is 14.1. The fourth-order valence-corrected chi connectivity index (χ4v) is 4.72. The zero-order valence-electron chi connectivity index (χ0n) is 16.5. The van der Waals surface area contributed by atoms with Gasteiger partial charge in [-0.15, -0.1) is 0 Å². The van der Waals surface area contributed by atoms with Crippen molar-refractivity contribution in [3.8, 4) is 0 Å². The normalized spacial score (nSPS) is 15.0. The van der Waals surface area contributed by atoms with Gasteiger partial charge in [0.15, 0.2) is 5.13 Å². The largest absolute Gasteiger partial charge is 0.370 e. The van der Waals surface area contributed by atoms with Gasteiger partial charge in [0.25, 0.3) is 5.91 Å². The van der Waals surface area contributed by atoms with E-state index in [0.717, 1.165) is 55.0 Å². The summed E-state index contributed by atoms with van der Waals surface area (Å²) in [5, 5.41) is 0.667. The number of benzene rings is 2. The molecule has 1 amide bonds. The molecule has 2 heterocycles. The van der Waals surface area contributed by atoms with Gasteiger partial charge in [-0.1, -0.05) is 29.5 Å². The predicted octanol–water partition coefficient (Wildman–Crippen LogP) is 2.70. The number of aryl methyl sites for hydroxylation is 1. The second kappa shape index (κ2) is 8.98. The first-order valence-electron chi connectivity index (χ1n) is 9.97. The highest BCUT2D eigenvalue weighted by molar-refractivity contribution is 7.22. The highest BCUT2D eigenvalue weighted by Crippen LogP contribution is 2.31. The lowest BCUT2D eigenvalue weighted by atomic mass is 10.2. The van der Waals surface area contributed by atoms with Crippen LogP contribution in [0.25, 0.3) is 10.2 Å². The summed E-state index contributed by atoms with van der Waals surface area (Å²) in [7, 11) is 0. The molecule has 0 spiro atoms. The maximum Gasteiger partial charge on any atom is 0.260 e. The highest BCUT2D eigenvalue weighted by atomic mass is 32.1. The summed E-state index contributed by atoms with van der Waals surface area (Å²) in [4.78, 5) is 21.2. The minimum Gasteiger partial charge on any atom is -0.370 e. The summed E-state index contributed by atoms with van der Waals surface area (Å²) >= 11 is 1.51. The monoisotopic (exact) mass is 414 g/mol. The zero-order chi connectivity index (χ0) is 20.2. The summed E-state index contributed by atoms with van der Waals surface area (Å²) in [6.07, 6.45) is 0.852. The Bertz CT molecular complexity index is 1000. The number of ether oxygens (including phenoxy) is 1. The first-order valence-corrected chi connectivity index (χ1v) is 10.8. The molecule has 7 heteroatoms. The number of carbonyl (C=O) groups excluding carboxylic acids is 1. The molecule has 0 bridgehead atoms. The number of anilines is 1. The molecule has 5 nitrogen and oxygen atoms in total. The van der Waals surface area contributed by atoms with E-state index in [0.29, 0.717) is 17.2 Å². The van der Waals surface area contributed by atoms with E-state index in [1.807, 2.05) is 25.1 Å². The fraction of sp³-hybridized carbons (Fsp3) is 0.364. The number of fused-ring (bicyclic) bond motifs is 1. The standard InChI is InChI=1S/C22H24FN3O2S/c1-16-5-2-8-19-20(16)24-22(29-19)26(10-4-9-25-11-13-28-14-12-25)21(27)17-6-3-7-18(23)15-17/h2-3,5-8,15H,4,9-14H2,1H3/p+1. The van der Waals surface area contributed by atoms with E-state index in [-0.39, 0.29) is 5.91 Å². The van der Waals surface area contributed by atoms with Crippen LogP contribution in [0, 0.1) is 12.7 Å². The van der Waals surface area contributed by atoms with Crippen molar-refractivity contribution in [2.75, 3.05) is 44.3 Å². The lowest BCUT2D eigenvalue weighted by Crippen LogP contribution is -3.14. The van der Waals surface area contributed by atoms with Crippen LogP contribution in [0.4, 0.5) is 9.52 Å². The van der Waals surface area contributed by atoms with E-state index in [2.05, 4.69) is 0 Å². The summed E-state index contributed by atoms with van der Waals surface area (Å²) in [5.41, 5.74) is 2.35. The van der Waals surface area contributed by atoms with E-state index >= 15 is 0 Å². The number of carbonyl (C=O) groups is 1. The van der Waals surface area contributed by atoms with Crippen LogP contribution in [-0.4, -0.2) is 50.3 Å². The minimum absolute atomic E-state index is 0.210. The van der Waals surface area contributed by atoms with E-state index in [1.165, 1.54) is 28.4 Å². The first kappa shape index (κ1) is 19.9. The third-order valence-electron chi connectivity index (χ3n) is 5.27. The quantitative estimate of drug-likeness (QED) is 0.675. The summed E-state index contributed by atoms with van der Waals surface area (Å²) in [6.45, 7) is 7.12. The van der Waals surface area contributed by atoms with E-state index < -0.39 is 5.82 Å². The molecule has 0 saturated carbocycles. The zero-order valence-corrected chi connectivity index (χ0v) is 17.3. The molecule has 1 aliphatic heterocycles. The molecular formula is C22H25FN3O2S+. The number of aromatic nitrogens is 1. The van der Waals surface area contributed by atoms with E-state index in [9.17, 15) is 9.18 Å². The third kappa shape index (κ3) is 4.63. The van der Waals surface area contributed by atoms with Crippen LogP contribution >= 0.6 is 11.3 Å². The molecule has 29 heavy (non-hydrogen) atoms. The number of hydrogen-bond donors (Lipinski definition) is 1. The number of morpholine rings is 1. The number of rotatable bonds is 6. The van der Waals surface area contributed by atoms with Crippen LogP contribution in [0.2, 0.25) is 0 Å². The van der Waals surface area contributed by atoms with Crippen LogP contribution in [0.5, 0.6) is 0 Å².